The number of nitrogens with zero attached hydrogens (tertiary/aromatic N) is 5. The first-order chi connectivity index (χ1) is 19.4. The molecular formula is C31H31BrN6O3. The Morgan fingerprint density at radius 3 is 2.46 bits per heavy atom. The lowest BCUT2D eigenvalue weighted by atomic mass is 10.0. The van der Waals surface area contributed by atoms with E-state index in [0.29, 0.717) is 28.2 Å². The quantitative estimate of drug-likeness (QED) is 0.230. The number of piperidine rings is 1. The van der Waals surface area contributed by atoms with Crippen molar-refractivity contribution in [1.82, 2.24) is 24.4 Å². The van der Waals surface area contributed by atoms with Crippen molar-refractivity contribution in [2.24, 2.45) is 5.41 Å². The van der Waals surface area contributed by atoms with Crippen LogP contribution in [0.3, 0.4) is 0 Å². The van der Waals surface area contributed by atoms with Crippen LogP contribution in [0.4, 0.5) is 5.82 Å². The Hall–Kier alpha value is -3.92. The molecule has 1 aliphatic carbocycles. The molecule has 3 aromatic heterocycles. The zero-order chi connectivity index (χ0) is 29.2. The SMILES string of the molecule is CC(=O)c1cn(CC(=O)N2[C@H](C(=O)Nc3ccc(C)c(Br)n3)C[C@@]3(C)C[C@@H]23)c2c(C)cc(-c3cnc(C)nc3)cc12. The van der Waals surface area contributed by atoms with Crippen molar-refractivity contribution in [3.8, 4) is 11.1 Å². The molecule has 2 aliphatic rings. The summed E-state index contributed by atoms with van der Waals surface area (Å²) >= 11 is 3.41. The Kier molecular flexibility index (Phi) is 6.56. The minimum absolute atomic E-state index is 0.0202. The Bertz CT molecular complexity index is 1750. The van der Waals surface area contributed by atoms with E-state index in [1.807, 2.05) is 43.5 Å². The van der Waals surface area contributed by atoms with E-state index >= 15 is 0 Å². The molecule has 0 spiro atoms. The van der Waals surface area contributed by atoms with Crippen LogP contribution in [0.15, 0.2) is 47.5 Å². The fraction of sp³-hybridized carbons (Fsp3) is 0.355. The molecule has 0 bridgehead atoms. The molecule has 4 heterocycles. The number of aryl methyl sites for hydroxylation is 3. The lowest BCUT2D eigenvalue weighted by molar-refractivity contribution is -0.138. The van der Waals surface area contributed by atoms with E-state index in [1.165, 1.54) is 6.92 Å². The number of benzene rings is 1. The predicted octanol–water partition coefficient (Wildman–Crippen LogP) is 5.40. The standard InChI is InChI=1S/C31H31BrN6O3/c1-16-6-7-26(35-29(16)32)36-30(41)24-10-31(5)11-25(31)38(24)27(40)15-37-14-23(18(3)39)22-9-20(8-17(2)28(22)37)21-12-33-19(4)34-13-21/h6-9,12-14,24-25H,10-11,15H2,1-5H3,(H,35,36,41)/t24-,25+,31-/m0/s1. The number of anilines is 1. The number of rotatable bonds is 6. The third-order valence-electron chi connectivity index (χ3n) is 8.47. The number of ketones is 1. The molecule has 41 heavy (non-hydrogen) atoms. The number of aromatic nitrogens is 4. The summed E-state index contributed by atoms with van der Waals surface area (Å²) in [4.78, 5) is 54.8. The fourth-order valence-electron chi connectivity index (χ4n) is 6.14. The summed E-state index contributed by atoms with van der Waals surface area (Å²) in [6.45, 7) is 9.43. The maximum atomic E-state index is 13.9. The highest BCUT2D eigenvalue weighted by atomic mass is 79.9. The molecule has 9 nitrogen and oxygen atoms in total. The number of nitrogens with one attached hydrogen (secondary N) is 1. The first-order valence-corrected chi connectivity index (χ1v) is 14.4. The third-order valence-corrected chi connectivity index (χ3v) is 9.28. The Morgan fingerprint density at radius 2 is 1.78 bits per heavy atom. The van der Waals surface area contributed by atoms with E-state index in [1.54, 1.807) is 29.6 Å². The van der Waals surface area contributed by atoms with E-state index in [2.05, 4.69) is 43.1 Å². The van der Waals surface area contributed by atoms with Gasteiger partial charge in [-0.25, -0.2) is 15.0 Å². The number of carbonyl (C=O) groups is 3. The first-order valence-electron chi connectivity index (χ1n) is 13.6. The van der Waals surface area contributed by atoms with Crippen molar-refractivity contribution in [2.45, 2.75) is 66.1 Å². The molecule has 1 saturated heterocycles. The topological polar surface area (TPSA) is 110 Å². The molecule has 10 heteroatoms. The summed E-state index contributed by atoms with van der Waals surface area (Å²) in [5, 5.41) is 3.69. The van der Waals surface area contributed by atoms with Crippen LogP contribution in [0, 0.1) is 26.2 Å². The molecule has 2 fully saturated rings. The van der Waals surface area contributed by atoms with Crippen LogP contribution >= 0.6 is 15.9 Å². The molecule has 0 radical (unpaired) electrons. The van der Waals surface area contributed by atoms with Crippen LogP contribution < -0.4 is 5.32 Å². The zero-order valence-electron chi connectivity index (χ0n) is 23.7. The third kappa shape index (κ3) is 4.84. The van der Waals surface area contributed by atoms with Gasteiger partial charge in [0.25, 0.3) is 0 Å². The summed E-state index contributed by atoms with van der Waals surface area (Å²) in [6, 6.07) is 7.06. The second-order valence-electron chi connectivity index (χ2n) is 11.6. The summed E-state index contributed by atoms with van der Waals surface area (Å²) < 4.78 is 2.52. The second kappa shape index (κ2) is 9.87. The summed E-state index contributed by atoms with van der Waals surface area (Å²) in [5.41, 5.74) is 4.97. The van der Waals surface area contributed by atoms with Crippen LogP contribution in [0.25, 0.3) is 22.0 Å². The summed E-state index contributed by atoms with van der Waals surface area (Å²) in [7, 11) is 0. The summed E-state index contributed by atoms with van der Waals surface area (Å²) in [5.74, 6) is 0.667. The monoisotopic (exact) mass is 614 g/mol. The number of pyridine rings is 1. The van der Waals surface area contributed by atoms with Gasteiger partial charge >= 0.3 is 0 Å². The molecule has 4 aromatic rings. The highest BCUT2D eigenvalue weighted by Gasteiger charge is 2.64. The van der Waals surface area contributed by atoms with Crippen molar-refractivity contribution < 1.29 is 14.4 Å². The van der Waals surface area contributed by atoms with Crippen LogP contribution in [0.2, 0.25) is 0 Å². The highest BCUT2D eigenvalue weighted by Crippen LogP contribution is 2.59. The van der Waals surface area contributed by atoms with Gasteiger partial charge in [-0.2, -0.15) is 0 Å². The number of Topliss-reactive ketones (excluding diaryl/α,β-unsaturated/α-hetero) is 1. The van der Waals surface area contributed by atoms with Crippen molar-refractivity contribution in [3.05, 3.63) is 70.0 Å². The van der Waals surface area contributed by atoms with E-state index < -0.39 is 6.04 Å². The van der Waals surface area contributed by atoms with E-state index in [9.17, 15) is 14.4 Å². The van der Waals surface area contributed by atoms with Crippen molar-refractivity contribution in [2.75, 3.05) is 5.32 Å². The number of likely N-dealkylation sites (tertiary alicyclic amines) is 1. The average molecular weight is 616 g/mol. The molecule has 3 atom stereocenters. The molecule has 0 unspecified atom stereocenters. The minimum Gasteiger partial charge on any atom is -0.337 e. The smallest absolute Gasteiger partial charge is 0.248 e. The maximum Gasteiger partial charge on any atom is 0.248 e. The van der Waals surface area contributed by atoms with Gasteiger partial charge in [0.05, 0.1) is 5.52 Å². The number of carbonyl (C=O) groups excluding carboxylic acids is 3. The molecule has 210 valence electrons. The van der Waals surface area contributed by atoms with E-state index in [0.717, 1.165) is 39.6 Å². The van der Waals surface area contributed by atoms with Crippen LogP contribution in [-0.2, 0) is 16.1 Å². The largest absolute Gasteiger partial charge is 0.337 e. The van der Waals surface area contributed by atoms with Gasteiger partial charge in [-0.3, -0.25) is 14.4 Å². The van der Waals surface area contributed by atoms with Crippen molar-refractivity contribution in [3.63, 3.8) is 0 Å². The van der Waals surface area contributed by atoms with Gasteiger partial charge in [0.15, 0.2) is 5.78 Å². The number of halogens is 1. The maximum absolute atomic E-state index is 13.9. The van der Waals surface area contributed by atoms with Gasteiger partial charge < -0.3 is 14.8 Å². The van der Waals surface area contributed by atoms with Gasteiger partial charge in [-0.05, 0) is 96.8 Å². The molecule has 1 N–H and O–H groups in total. The number of fused-ring (bicyclic) bond motifs is 2. The minimum atomic E-state index is -0.587. The number of hydrogen-bond donors (Lipinski definition) is 1. The number of amides is 2. The van der Waals surface area contributed by atoms with Gasteiger partial charge in [0.1, 0.15) is 28.8 Å². The Morgan fingerprint density at radius 1 is 1.05 bits per heavy atom. The zero-order valence-corrected chi connectivity index (χ0v) is 25.2. The van der Waals surface area contributed by atoms with E-state index in [4.69, 9.17) is 0 Å². The van der Waals surface area contributed by atoms with E-state index in [-0.39, 0.29) is 35.6 Å². The molecule has 1 aliphatic heterocycles. The molecule has 1 saturated carbocycles. The van der Waals surface area contributed by atoms with Gasteiger partial charge in [0, 0.05) is 41.1 Å². The van der Waals surface area contributed by atoms with Crippen LogP contribution in [-0.4, -0.2) is 54.1 Å². The lowest BCUT2D eigenvalue weighted by Gasteiger charge is -2.27. The molecule has 2 amide bonds. The normalized spacial score (nSPS) is 21.2. The Balaban J connectivity index is 1.31. The van der Waals surface area contributed by atoms with Crippen LogP contribution in [0.1, 0.15) is 54.0 Å². The van der Waals surface area contributed by atoms with Gasteiger partial charge in [-0.1, -0.05) is 13.0 Å². The second-order valence-corrected chi connectivity index (χ2v) is 12.4. The molecular weight excluding hydrogens is 584 g/mol. The fourth-order valence-corrected chi connectivity index (χ4v) is 6.46. The van der Waals surface area contributed by atoms with Gasteiger partial charge in [-0.15, -0.1) is 0 Å². The van der Waals surface area contributed by atoms with Gasteiger partial charge in [0.2, 0.25) is 11.8 Å². The molecule has 1 aromatic carbocycles. The Labute approximate surface area is 246 Å². The predicted molar refractivity (Wildman–Crippen MR) is 160 cm³/mol. The lowest BCUT2D eigenvalue weighted by Crippen LogP contribution is -2.46. The van der Waals surface area contributed by atoms with Crippen molar-refractivity contribution in [1.29, 1.82) is 0 Å². The van der Waals surface area contributed by atoms with Crippen LogP contribution in [0.5, 0.6) is 0 Å². The highest BCUT2D eigenvalue weighted by molar-refractivity contribution is 9.10. The first kappa shape index (κ1) is 27.3. The average Bonchev–Trinajstić information content (AvgIpc) is 3.27. The summed E-state index contributed by atoms with van der Waals surface area (Å²) in [6.07, 6.45) is 6.79. The number of hydrogen-bond acceptors (Lipinski definition) is 6. The molecule has 6 rings (SSSR count). The van der Waals surface area contributed by atoms with Crippen molar-refractivity contribution >= 4 is 50.2 Å².